The largest absolute Gasteiger partial charge is 0.490 e. The minimum atomic E-state index is -0.384. The molecule has 0 unspecified atom stereocenters. The minimum Gasteiger partial charge on any atom is -0.490 e. The fraction of sp³-hybridized carbons (Fsp3) is 0.261. The Morgan fingerprint density at radius 2 is 1.94 bits per heavy atom. The fourth-order valence-electron chi connectivity index (χ4n) is 3.29. The Kier molecular flexibility index (Phi) is 6.48. The van der Waals surface area contributed by atoms with Gasteiger partial charge >= 0.3 is 5.76 Å². The van der Waals surface area contributed by atoms with Gasteiger partial charge in [0, 0.05) is 16.6 Å². The zero-order chi connectivity index (χ0) is 21.8. The van der Waals surface area contributed by atoms with Crippen molar-refractivity contribution in [3.8, 4) is 17.1 Å². The second kappa shape index (κ2) is 9.45. The first kappa shape index (κ1) is 21.3. The third kappa shape index (κ3) is 5.21. The average molecular weight is 483 g/mol. The minimum absolute atomic E-state index is 0.384. The zero-order valence-electron chi connectivity index (χ0n) is 17.4. The number of oxazole rings is 1. The molecule has 31 heavy (non-hydrogen) atoms. The highest BCUT2D eigenvalue weighted by molar-refractivity contribution is 9.10. The predicted octanol–water partition coefficient (Wildman–Crippen LogP) is 4.19. The van der Waals surface area contributed by atoms with Crippen molar-refractivity contribution < 1.29 is 9.15 Å². The van der Waals surface area contributed by atoms with Crippen LogP contribution < -0.4 is 10.5 Å². The molecule has 0 aliphatic rings. The van der Waals surface area contributed by atoms with Crippen LogP contribution in [0.5, 0.6) is 5.75 Å². The Morgan fingerprint density at radius 3 is 2.71 bits per heavy atom. The molecular weight excluding hydrogens is 460 g/mol. The lowest BCUT2D eigenvalue weighted by Crippen LogP contribution is -2.15. The highest BCUT2D eigenvalue weighted by atomic mass is 79.9. The van der Waals surface area contributed by atoms with E-state index in [9.17, 15) is 4.79 Å². The summed E-state index contributed by atoms with van der Waals surface area (Å²) in [7, 11) is 4.08. The van der Waals surface area contributed by atoms with Crippen LogP contribution >= 0.6 is 15.9 Å². The molecule has 160 valence electrons. The molecule has 0 aliphatic heterocycles. The third-order valence-electron chi connectivity index (χ3n) is 4.80. The topological polar surface area (TPSA) is 73.4 Å². The molecule has 0 aliphatic carbocycles. The molecule has 4 rings (SSSR count). The lowest BCUT2D eigenvalue weighted by Gasteiger charge is -2.10. The summed E-state index contributed by atoms with van der Waals surface area (Å²) in [4.78, 5) is 23.3. The maximum Gasteiger partial charge on any atom is 0.420 e. The van der Waals surface area contributed by atoms with E-state index in [4.69, 9.17) is 9.15 Å². The van der Waals surface area contributed by atoms with Gasteiger partial charge in [-0.25, -0.2) is 14.8 Å². The van der Waals surface area contributed by atoms with Gasteiger partial charge in [0.15, 0.2) is 17.2 Å². The predicted molar refractivity (Wildman–Crippen MR) is 123 cm³/mol. The van der Waals surface area contributed by atoms with Crippen molar-refractivity contribution in [2.75, 3.05) is 27.2 Å². The van der Waals surface area contributed by atoms with Crippen LogP contribution in [-0.4, -0.2) is 46.7 Å². The molecule has 8 heteroatoms. The van der Waals surface area contributed by atoms with E-state index in [-0.39, 0.29) is 5.76 Å². The van der Waals surface area contributed by atoms with Gasteiger partial charge in [0.1, 0.15) is 0 Å². The third-order valence-corrected chi connectivity index (χ3v) is 5.30. The summed E-state index contributed by atoms with van der Waals surface area (Å²) in [6.45, 7) is 1.99. The number of hydrogen-bond donors (Lipinski definition) is 0. The van der Waals surface area contributed by atoms with Gasteiger partial charge in [0.2, 0.25) is 0 Å². The lowest BCUT2D eigenvalue weighted by molar-refractivity contribution is 0.280. The van der Waals surface area contributed by atoms with E-state index in [2.05, 4.69) is 30.8 Å². The molecule has 0 amide bonds. The number of fused-ring (bicyclic) bond motifs is 1. The Morgan fingerprint density at radius 1 is 1.13 bits per heavy atom. The Balaban J connectivity index is 1.50. The highest BCUT2D eigenvalue weighted by Crippen LogP contribution is 2.22. The summed E-state index contributed by atoms with van der Waals surface area (Å²) in [6.07, 6.45) is 4.32. The molecule has 0 bridgehead atoms. The molecule has 0 radical (unpaired) electrons. The summed E-state index contributed by atoms with van der Waals surface area (Å²) in [5.41, 5.74) is 3.14. The summed E-state index contributed by atoms with van der Waals surface area (Å²) in [6, 6.07) is 13.3. The molecule has 4 aromatic rings. The van der Waals surface area contributed by atoms with Crippen LogP contribution in [0, 0.1) is 0 Å². The van der Waals surface area contributed by atoms with E-state index in [1.807, 2.05) is 50.5 Å². The van der Waals surface area contributed by atoms with Crippen LogP contribution in [0.3, 0.4) is 0 Å². The SMILES string of the molecule is CN(C)CCCOc1cnc(-c2cccc(Cn3c(=O)oc4ccc(Br)cc43)c2)nc1. The van der Waals surface area contributed by atoms with Gasteiger partial charge in [0.25, 0.3) is 0 Å². The van der Waals surface area contributed by atoms with Crippen molar-refractivity contribution in [1.29, 1.82) is 0 Å². The number of rotatable bonds is 8. The number of aromatic nitrogens is 3. The molecule has 2 heterocycles. The van der Waals surface area contributed by atoms with Crippen LogP contribution in [0.1, 0.15) is 12.0 Å². The maximum atomic E-state index is 12.3. The van der Waals surface area contributed by atoms with Crippen LogP contribution in [0.2, 0.25) is 0 Å². The summed E-state index contributed by atoms with van der Waals surface area (Å²) >= 11 is 3.45. The molecule has 0 fully saturated rings. The smallest absolute Gasteiger partial charge is 0.420 e. The molecule has 0 atom stereocenters. The number of ether oxygens (including phenoxy) is 1. The Hall–Kier alpha value is -2.97. The summed E-state index contributed by atoms with van der Waals surface area (Å²) in [5.74, 6) is 0.876. The van der Waals surface area contributed by atoms with Crippen molar-refractivity contribution in [2.45, 2.75) is 13.0 Å². The number of hydrogen-bond acceptors (Lipinski definition) is 6. The normalized spacial score (nSPS) is 11.4. The number of nitrogens with zero attached hydrogens (tertiary/aromatic N) is 4. The second-order valence-electron chi connectivity index (χ2n) is 7.51. The van der Waals surface area contributed by atoms with E-state index >= 15 is 0 Å². The van der Waals surface area contributed by atoms with Crippen LogP contribution in [-0.2, 0) is 6.54 Å². The number of halogens is 1. The van der Waals surface area contributed by atoms with Gasteiger partial charge < -0.3 is 14.1 Å². The van der Waals surface area contributed by atoms with Gasteiger partial charge in [-0.2, -0.15) is 0 Å². The van der Waals surface area contributed by atoms with E-state index in [1.54, 1.807) is 23.0 Å². The van der Waals surface area contributed by atoms with Crippen molar-refractivity contribution in [1.82, 2.24) is 19.4 Å². The molecule has 0 N–H and O–H groups in total. The van der Waals surface area contributed by atoms with Crippen molar-refractivity contribution >= 4 is 27.0 Å². The molecule has 0 saturated heterocycles. The van der Waals surface area contributed by atoms with Gasteiger partial charge in [0.05, 0.1) is 31.1 Å². The van der Waals surface area contributed by atoms with Crippen LogP contribution in [0.25, 0.3) is 22.5 Å². The van der Waals surface area contributed by atoms with Crippen molar-refractivity contribution in [3.05, 3.63) is 75.4 Å². The first-order valence-electron chi connectivity index (χ1n) is 9.97. The molecule has 7 nitrogen and oxygen atoms in total. The van der Waals surface area contributed by atoms with E-state index in [1.165, 1.54) is 0 Å². The van der Waals surface area contributed by atoms with Gasteiger partial charge in [-0.1, -0.05) is 34.1 Å². The highest BCUT2D eigenvalue weighted by Gasteiger charge is 2.11. The van der Waals surface area contributed by atoms with E-state index < -0.39 is 0 Å². The molecule has 2 aromatic carbocycles. The summed E-state index contributed by atoms with van der Waals surface area (Å²) < 4.78 is 13.6. The van der Waals surface area contributed by atoms with Crippen molar-refractivity contribution in [2.24, 2.45) is 0 Å². The Bertz CT molecular complexity index is 1230. The maximum absolute atomic E-state index is 12.3. The average Bonchev–Trinajstić information content (AvgIpc) is 3.06. The second-order valence-corrected chi connectivity index (χ2v) is 8.43. The van der Waals surface area contributed by atoms with Gasteiger partial charge in [-0.05, 0) is 50.3 Å². The molecule has 2 aromatic heterocycles. The quantitative estimate of drug-likeness (QED) is 0.350. The first-order chi connectivity index (χ1) is 15.0. The fourth-order valence-corrected chi connectivity index (χ4v) is 3.64. The lowest BCUT2D eigenvalue weighted by atomic mass is 10.1. The van der Waals surface area contributed by atoms with Gasteiger partial charge in [-0.3, -0.25) is 4.57 Å². The van der Waals surface area contributed by atoms with E-state index in [0.717, 1.165) is 34.1 Å². The monoisotopic (exact) mass is 482 g/mol. The standard InChI is InChI=1S/C23H23BrN4O3/c1-27(2)9-4-10-30-19-13-25-22(26-14-19)17-6-3-5-16(11-17)15-28-20-12-18(24)7-8-21(20)31-23(28)29/h3,5-8,11-14H,4,9-10,15H2,1-2H3. The molecular formula is C23H23BrN4O3. The zero-order valence-corrected chi connectivity index (χ0v) is 19.0. The van der Waals surface area contributed by atoms with Crippen molar-refractivity contribution in [3.63, 3.8) is 0 Å². The first-order valence-corrected chi connectivity index (χ1v) is 10.8. The van der Waals surface area contributed by atoms with Crippen LogP contribution in [0.15, 0.2) is 68.5 Å². The van der Waals surface area contributed by atoms with Gasteiger partial charge in [-0.15, -0.1) is 0 Å². The van der Waals surface area contributed by atoms with E-state index in [0.29, 0.717) is 30.3 Å². The summed E-state index contributed by atoms with van der Waals surface area (Å²) in [5, 5.41) is 0. The molecule has 0 spiro atoms. The van der Waals surface area contributed by atoms with Crippen LogP contribution in [0.4, 0.5) is 0 Å². The Labute approximate surface area is 188 Å². The molecule has 0 saturated carbocycles. The number of benzene rings is 2.